The van der Waals surface area contributed by atoms with Crippen LogP contribution in [0.3, 0.4) is 0 Å². The summed E-state index contributed by atoms with van der Waals surface area (Å²) in [6, 6.07) is 0. The smallest absolute Gasteiger partial charge is 0.217 e. The van der Waals surface area contributed by atoms with Gasteiger partial charge in [0.2, 0.25) is 10.0 Å². The van der Waals surface area contributed by atoms with Gasteiger partial charge in [0.15, 0.2) is 0 Å². The van der Waals surface area contributed by atoms with Gasteiger partial charge in [-0.15, -0.1) is 0 Å². The van der Waals surface area contributed by atoms with E-state index in [4.69, 9.17) is 5.73 Å². The lowest BCUT2D eigenvalue weighted by Gasteiger charge is -2.41. The summed E-state index contributed by atoms with van der Waals surface area (Å²) in [6.45, 7) is 6.99. The molecule has 1 atom stereocenters. The molecule has 0 bridgehead atoms. The molecule has 0 heterocycles. The molecule has 1 unspecified atom stereocenters. The van der Waals surface area contributed by atoms with Gasteiger partial charge in [0.1, 0.15) is 0 Å². The van der Waals surface area contributed by atoms with E-state index in [1.165, 1.54) is 6.42 Å². The molecule has 1 aliphatic rings. The first-order valence-electron chi connectivity index (χ1n) is 7.64. The van der Waals surface area contributed by atoms with Crippen LogP contribution in [-0.2, 0) is 10.0 Å². The van der Waals surface area contributed by atoms with Gasteiger partial charge < -0.3 is 5.73 Å². The molecule has 0 saturated heterocycles. The van der Waals surface area contributed by atoms with Crippen molar-refractivity contribution in [1.29, 1.82) is 0 Å². The minimum absolute atomic E-state index is 0.190. The maximum Gasteiger partial charge on any atom is 0.217 e. The largest absolute Gasteiger partial charge is 0.329 e. The molecule has 1 fully saturated rings. The third-order valence-corrected chi connectivity index (χ3v) is 7.06. The first kappa shape index (κ1) is 16.9. The van der Waals surface area contributed by atoms with Gasteiger partial charge in [0.25, 0.3) is 0 Å². The fourth-order valence-electron chi connectivity index (χ4n) is 2.87. The summed E-state index contributed by atoms with van der Waals surface area (Å²) in [4.78, 5) is 0. The van der Waals surface area contributed by atoms with Gasteiger partial charge >= 0.3 is 0 Å². The van der Waals surface area contributed by atoms with Crippen LogP contribution >= 0.6 is 0 Å². The maximum absolute atomic E-state index is 12.9. The van der Waals surface area contributed by atoms with E-state index in [1.807, 2.05) is 20.8 Å². The fraction of sp³-hybridized carbons (Fsp3) is 1.00. The molecule has 114 valence electrons. The average Bonchev–Trinajstić information content (AvgIpc) is 2.44. The minimum Gasteiger partial charge on any atom is -0.329 e. The van der Waals surface area contributed by atoms with Gasteiger partial charge in [-0.2, -0.15) is 4.31 Å². The molecular formula is C14H30N2O2S. The van der Waals surface area contributed by atoms with E-state index in [0.29, 0.717) is 13.1 Å². The number of hydrogen-bond acceptors (Lipinski definition) is 3. The molecule has 0 amide bonds. The molecule has 5 heteroatoms. The molecule has 4 nitrogen and oxygen atoms in total. The van der Waals surface area contributed by atoms with Crippen LogP contribution < -0.4 is 5.73 Å². The zero-order chi connectivity index (χ0) is 14.5. The summed E-state index contributed by atoms with van der Waals surface area (Å²) in [5.74, 6) is 0. The van der Waals surface area contributed by atoms with Gasteiger partial charge in [0.05, 0.1) is 5.25 Å². The van der Waals surface area contributed by atoms with Crippen LogP contribution in [0.4, 0.5) is 0 Å². The summed E-state index contributed by atoms with van der Waals surface area (Å²) in [6.07, 6.45) is 6.46. The third-order valence-electron chi connectivity index (χ3n) is 4.51. The summed E-state index contributed by atoms with van der Waals surface area (Å²) in [5.41, 5.74) is 5.43. The summed E-state index contributed by atoms with van der Waals surface area (Å²) in [5, 5.41) is -0.190. The zero-order valence-corrected chi connectivity index (χ0v) is 13.5. The highest BCUT2D eigenvalue weighted by atomic mass is 32.2. The molecular weight excluding hydrogens is 260 g/mol. The molecule has 0 aliphatic heterocycles. The second-order valence-electron chi connectivity index (χ2n) is 5.93. The van der Waals surface area contributed by atoms with Gasteiger partial charge in [-0.25, -0.2) is 8.42 Å². The number of rotatable bonds is 7. The Morgan fingerprint density at radius 2 is 1.79 bits per heavy atom. The highest BCUT2D eigenvalue weighted by Gasteiger charge is 2.41. The van der Waals surface area contributed by atoms with E-state index in [1.54, 1.807) is 4.31 Å². The van der Waals surface area contributed by atoms with E-state index < -0.39 is 15.6 Å². The van der Waals surface area contributed by atoms with Crippen molar-refractivity contribution in [2.24, 2.45) is 5.73 Å². The molecule has 0 aromatic heterocycles. The van der Waals surface area contributed by atoms with Crippen molar-refractivity contribution in [3.8, 4) is 0 Å². The minimum atomic E-state index is -3.21. The van der Waals surface area contributed by atoms with Crippen LogP contribution in [-0.4, -0.2) is 36.6 Å². The lowest BCUT2D eigenvalue weighted by atomic mass is 9.99. The van der Waals surface area contributed by atoms with Gasteiger partial charge in [-0.05, 0) is 32.6 Å². The molecule has 0 aromatic carbocycles. The Hall–Kier alpha value is -0.130. The molecule has 19 heavy (non-hydrogen) atoms. The molecule has 1 saturated carbocycles. The summed E-state index contributed by atoms with van der Waals surface area (Å²) in [7, 11) is -3.21. The normalized spacial score (nSPS) is 21.5. The van der Waals surface area contributed by atoms with E-state index in [9.17, 15) is 8.42 Å². The van der Waals surface area contributed by atoms with Gasteiger partial charge in [-0.3, -0.25) is 0 Å². The maximum atomic E-state index is 12.9. The predicted octanol–water partition coefficient (Wildman–Crippen LogP) is 2.49. The van der Waals surface area contributed by atoms with Crippen LogP contribution in [0.2, 0.25) is 0 Å². The Morgan fingerprint density at radius 1 is 1.21 bits per heavy atom. The predicted molar refractivity (Wildman–Crippen MR) is 80.5 cm³/mol. The Kier molecular flexibility index (Phi) is 6.27. The first-order chi connectivity index (χ1) is 8.92. The average molecular weight is 290 g/mol. The van der Waals surface area contributed by atoms with E-state index in [-0.39, 0.29) is 5.25 Å². The van der Waals surface area contributed by atoms with Crippen molar-refractivity contribution >= 4 is 10.0 Å². The lowest BCUT2D eigenvalue weighted by molar-refractivity contribution is 0.202. The Bertz CT molecular complexity index is 358. The van der Waals surface area contributed by atoms with Crippen LogP contribution in [0.5, 0.6) is 0 Å². The highest BCUT2D eigenvalue weighted by molar-refractivity contribution is 7.89. The summed E-state index contributed by atoms with van der Waals surface area (Å²) >= 11 is 0. The monoisotopic (exact) mass is 290 g/mol. The standard InChI is InChI=1S/C14H30N2O2S/c1-4-11-16(14(3,5-2)12-15)19(17,18)13-9-7-6-8-10-13/h13H,4-12,15H2,1-3H3. The van der Waals surface area contributed by atoms with Crippen LogP contribution in [0, 0.1) is 0 Å². The lowest BCUT2D eigenvalue weighted by Crippen LogP contribution is -2.56. The van der Waals surface area contributed by atoms with Crippen molar-refractivity contribution < 1.29 is 8.42 Å². The molecule has 0 aromatic rings. The van der Waals surface area contributed by atoms with Crippen molar-refractivity contribution in [3.05, 3.63) is 0 Å². The van der Waals surface area contributed by atoms with Crippen molar-refractivity contribution in [2.45, 2.75) is 76.5 Å². The van der Waals surface area contributed by atoms with Crippen LogP contribution in [0.15, 0.2) is 0 Å². The second kappa shape index (κ2) is 7.04. The fourth-order valence-corrected chi connectivity index (χ4v) is 5.42. The first-order valence-corrected chi connectivity index (χ1v) is 9.14. The van der Waals surface area contributed by atoms with E-state index in [0.717, 1.165) is 38.5 Å². The molecule has 1 rings (SSSR count). The SMILES string of the molecule is CCCN(C(C)(CC)CN)S(=O)(=O)C1CCCCC1. The zero-order valence-electron chi connectivity index (χ0n) is 12.7. The van der Waals surface area contributed by atoms with Crippen LogP contribution in [0.25, 0.3) is 0 Å². The number of nitrogens with two attached hydrogens (primary N) is 1. The molecule has 2 N–H and O–H groups in total. The Labute approximate surface area is 118 Å². The molecule has 0 spiro atoms. The quantitative estimate of drug-likeness (QED) is 0.783. The topological polar surface area (TPSA) is 63.4 Å². The molecule has 0 radical (unpaired) electrons. The van der Waals surface area contributed by atoms with E-state index in [2.05, 4.69) is 0 Å². The number of nitrogens with zero attached hydrogens (tertiary/aromatic N) is 1. The number of hydrogen-bond donors (Lipinski definition) is 1. The van der Waals surface area contributed by atoms with Crippen molar-refractivity contribution in [3.63, 3.8) is 0 Å². The Balaban J connectivity index is 3.02. The van der Waals surface area contributed by atoms with Gasteiger partial charge in [0, 0.05) is 18.6 Å². The second-order valence-corrected chi connectivity index (χ2v) is 8.07. The van der Waals surface area contributed by atoms with E-state index >= 15 is 0 Å². The Morgan fingerprint density at radius 3 is 2.21 bits per heavy atom. The molecule has 1 aliphatic carbocycles. The van der Waals surface area contributed by atoms with Crippen molar-refractivity contribution in [1.82, 2.24) is 4.31 Å². The number of sulfonamides is 1. The van der Waals surface area contributed by atoms with Gasteiger partial charge in [-0.1, -0.05) is 33.1 Å². The summed E-state index contributed by atoms with van der Waals surface area (Å²) < 4.78 is 27.5. The third kappa shape index (κ3) is 3.70. The van der Waals surface area contributed by atoms with Crippen molar-refractivity contribution in [2.75, 3.05) is 13.1 Å². The highest BCUT2D eigenvalue weighted by Crippen LogP contribution is 2.31. The van der Waals surface area contributed by atoms with Crippen LogP contribution in [0.1, 0.15) is 65.7 Å².